The van der Waals surface area contributed by atoms with Crippen molar-refractivity contribution < 1.29 is 25.6 Å². The van der Waals surface area contributed by atoms with Crippen molar-refractivity contribution in [3.63, 3.8) is 0 Å². The van der Waals surface area contributed by atoms with Crippen molar-refractivity contribution in [3.8, 4) is 0 Å². The molecule has 3 heterocycles. The minimum absolute atomic E-state index is 0.00756. The topological polar surface area (TPSA) is 118 Å². The molecule has 2 fully saturated rings. The molecule has 42 heavy (non-hydrogen) atoms. The van der Waals surface area contributed by atoms with E-state index in [0.29, 0.717) is 37.3 Å². The number of nitrogens with zero attached hydrogens (tertiary/aromatic N) is 6. The molecule has 0 N–H and O–H groups in total. The molecule has 222 valence electrons. The lowest BCUT2D eigenvalue weighted by atomic mass is 10.1. The van der Waals surface area contributed by atoms with E-state index in [2.05, 4.69) is 15.1 Å². The fourth-order valence-electron chi connectivity index (χ4n) is 5.29. The molecule has 2 aliphatic rings. The molecule has 15 heteroatoms. The number of fused-ring (bicyclic) bond motifs is 1. The van der Waals surface area contributed by atoms with E-state index < -0.39 is 36.7 Å². The number of rotatable bonds is 7. The summed E-state index contributed by atoms with van der Waals surface area (Å²) in [4.78, 5) is 11.9. The molecule has 1 atom stereocenters. The second kappa shape index (κ2) is 10.4. The Kier molecular flexibility index (Phi) is 7.13. The summed E-state index contributed by atoms with van der Waals surface area (Å²) in [7, 11) is -8.00. The summed E-state index contributed by atoms with van der Waals surface area (Å²) < 4.78 is 81.6. The summed E-state index contributed by atoms with van der Waals surface area (Å²) in [6.07, 6.45) is 4.15. The van der Waals surface area contributed by atoms with Crippen LogP contribution in [0.15, 0.2) is 58.6 Å². The molecule has 1 saturated carbocycles. The number of sulfone groups is 1. The lowest BCUT2D eigenvalue weighted by Gasteiger charge is -2.42. The standard InChI is InChI=1S/C27H27ClF2N6O4S2/c1-16(2)41(37,38)20-5-7-21(8-6-20)42(39,40)36-23-12-18(29)11-22(28)25(23)26(33-36)35-10-9-34(15-24(35)17-3-4-17)27-31-13-19(30)14-32-27/h5-8,11-14,16-17,24H,3-4,9-10,15H2,1-2H3. The van der Waals surface area contributed by atoms with Gasteiger partial charge in [-0.05, 0) is 62.9 Å². The van der Waals surface area contributed by atoms with Crippen molar-refractivity contribution in [3.05, 3.63) is 65.4 Å². The number of hydrogen-bond donors (Lipinski definition) is 0. The Balaban J connectivity index is 1.42. The third-order valence-electron chi connectivity index (χ3n) is 7.69. The third-order valence-corrected chi connectivity index (χ3v) is 11.8. The first kappa shape index (κ1) is 28.7. The van der Waals surface area contributed by atoms with Gasteiger partial charge in [-0.3, -0.25) is 0 Å². The van der Waals surface area contributed by atoms with Crippen LogP contribution in [0.1, 0.15) is 26.7 Å². The maximum Gasteiger partial charge on any atom is 0.283 e. The first-order valence-electron chi connectivity index (χ1n) is 13.3. The van der Waals surface area contributed by atoms with E-state index >= 15 is 0 Å². The number of benzene rings is 2. The highest BCUT2D eigenvalue weighted by Gasteiger charge is 2.42. The molecule has 0 spiro atoms. The molecule has 4 aromatic rings. The van der Waals surface area contributed by atoms with Crippen molar-refractivity contribution in [2.75, 3.05) is 29.4 Å². The summed E-state index contributed by atoms with van der Waals surface area (Å²) in [6, 6.07) is 6.96. The van der Waals surface area contributed by atoms with E-state index in [1.807, 2.05) is 9.80 Å². The van der Waals surface area contributed by atoms with Crippen LogP contribution in [0.4, 0.5) is 20.5 Å². The van der Waals surface area contributed by atoms with E-state index in [-0.39, 0.29) is 31.8 Å². The molecule has 10 nitrogen and oxygen atoms in total. The second-order valence-corrected chi connectivity index (χ2v) is 15.4. The molecule has 6 rings (SSSR count). The van der Waals surface area contributed by atoms with Gasteiger partial charge in [0.2, 0.25) is 5.95 Å². The summed E-state index contributed by atoms with van der Waals surface area (Å²) in [5.41, 5.74) is -0.0345. The van der Waals surface area contributed by atoms with Crippen LogP contribution in [0, 0.1) is 17.6 Å². The van der Waals surface area contributed by atoms with Gasteiger partial charge in [-0.15, -0.1) is 5.10 Å². The van der Waals surface area contributed by atoms with Crippen molar-refractivity contribution in [2.24, 2.45) is 5.92 Å². The predicted octanol–water partition coefficient (Wildman–Crippen LogP) is 4.28. The normalized spacial score (nSPS) is 18.3. The highest BCUT2D eigenvalue weighted by Crippen LogP contribution is 2.42. The molecular weight excluding hydrogens is 610 g/mol. The molecule has 0 bridgehead atoms. The van der Waals surface area contributed by atoms with Crippen molar-refractivity contribution in [1.29, 1.82) is 0 Å². The maximum atomic E-state index is 14.6. The summed E-state index contributed by atoms with van der Waals surface area (Å²) in [6.45, 7) is 4.42. The largest absolute Gasteiger partial charge is 0.348 e. The molecule has 2 aromatic carbocycles. The number of halogens is 3. The molecule has 1 unspecified atom stereocenters. The average Bonchev–Trinajstić information content (AvgIpc) is 3.73. The number of hydrogen-bond acceptors (Lipinski definition) is 9. The van der Waals surface area contributed by atoms with Gasteiger partial charge in [0.1, 0.15) is 5.82 Å². The first-order chi connectivity index (χ1) is 19.9. The molecular formula is C27H27ClF2N6O4S2. The highest BCUT2D eigenvalue weighted by atomic mass is 35.5. The first-order valence-corrected chi connectivity index (χ1v) is 16.7. The SMILES string of the molecule is CC(C)S(=O)(=O)c1ccc(S(=O)(=O)n2nc(N3CCN(c4ncc(F)cn4)CC3C3CC3)c3c(Cl)cc(F)cc32)cc1. The number of anilines is 2. The van der Waals surface area contributed by atoms with E-state index in [9.17, 15) is 25.6 Å². The van der Waals surface area contributed by atoms with Crippen LogP contribution in [0.3, 0.4) is 0 Å². The van der Waals surface area contributed by atoms with E-state index in [4.69, 9.17) is 11.6 Å². The molecule has 2 aromatic heterocycles. The van der Waals surface area contributed by atoms with Gasteiger partial charge < -0.3 is 9.80 Å². The highest BCUT2D eigenvalue weighted by molar-refractivity contribution is 7.92. The van der Waals surface area contributed by atoms with Gasteiger partial charge in [0.05, 0.1) is 49.4 Å². The quantitative estimate of drug-likeness (QED) is 0.293. The van der Waals surface area contributed by atoms with E-state index in [0.717, 1.165) is 41.5 Å². The Morgan fingerprint density at radius 2 is 1.57 bits per heavy atom. The fraction of sp³-hybridized carbons (Fsp3) is 0.370. The Hall–Kier alpha value is -3.36. The van der Waals surface area contributed by atoms with Gasteiger partial charge in [0, 0.05) is 25.7 Å². The predicted molar refractivity (Wildman–Crippen MR) is 154 cm³/mol. The van der Waals surface area contributed by atoms with Gasteiger partial charge >= 0.3 is 0 Å². The third kappa shape index (κ3) is 4.98. The summed E-state index contributed by atoms with van der Waals surface area (Å²) >= 11 is 6.53. The fourth-order valence-corrected chi connectivity index (χ4v) is 7.90. The minimum Gasteiger partial charge on any atom is -0.348 e. The van der Waals surface area contributed by atoms with Crippen molar-refractivity contribution in [2.45, 2.75) is 47.8 Å². The smallest absolute Gasteiger partial charge is 0.283 e. The summed E-state index contributed by atoms with van der Waals surface area (Å²) in [5.74, 6) is -0.283. The van der Waals surface area contributed by atoms with Crippen LogP contribution >= 0.6 is 11.6 Å². The monoisotopic (exact) mass is 636 g/mol. The molecule has 1 aliphatic carbocycles. The molecule has 0 radical (unpaired) electrons. The van der Waals surface area contributed by atoms with Gasteiger partial charge in [-0.25, -0.2) is 27.2 Å². The number of aromatic nitrogens is 4. The van der Waals surface area contributed by atoms with Gasteiger partial charge in [-0.1, -0.05) is 11.6 Å². The van der Waals surface area contributed by atoms with E-state index in [1.54, 1.807) is 0 Å². The van der Waals surface area contributed by atoms with Crippen LogP contribution in [0.2, 0.25) is 5.02 Å². The lowest BCUT2D eigenvalue weighted by Crippen LogP contribution is -2.55. The zero-order valence-electron chi connectivity index (χ0n) is 22.7. The Morgan fingerprint density at radius 1 is 0.929 bits per heavy atom. The molecule has 0 amide bonds. The van der Waals surface area contributed by atoms with Crippen LogP contribution in [-0.4, -0.2) is 66.9 Å². The van der Waals surface area contributed by atoms with Crippen molar-refractivity contribution in [1.82, 2.24) is 19.2 Å². The zero-order chi connectivity index (χ0) is 30.0. The van der Waals surface area contributed by atoms with Crippen LogP contribution in [-0.2, 0) is 19.9 Å². The van der Waals surface area contributed by atoms with Crippen molar-refractivity contribution >= 4 is 54.1 Å². The average molecular weight is 637 g/mol. The van der Waals surface area contributed by atoms with Gasteiger partial charge in [0.15, 0.2) is 21.5 Å². The summed E-state index contributed by atoms with van der Waals surface area (Å²) in [5, 5.41) is 4.14. The van der Waals surface area contributed by atoms with Crippen LogP contribution in [0.25, 0.3) is 10.9 Å². The molecule has 1 aliphatic heterocycles. The zero-order valence-corrected chi connectivity index (χ0v) is 25.0. The van der Waals surface area contributed by atoms with Crippen LogP contribution < -0.4 is 9.80 Å². The number of piperazine rings is 1. The van der Waals surface area contributed by atoms with Gasteiger partial charge in [-0.2, -0.15) is 12.5 Å². The maximum absolute atomic E-state index is 14.6. The Bertz CT molecular complexity index is 1880. The minimum atomic E-state index is -4.39. The van der Waals surface area contributed by atoms with Gasteiger partial charge in [0.25, 0.3) is 10.0 Å². The Labute approximate surface area is 246 Å². The second-order valence-electron chi connectivity index (χ2n) is 10.8. The molecule has 1 saturated heterocycles. The Morgan fingerprint density at radius 3 is 2.19 bits per heavy atom. The van der Waals surface area contributed by atoms with E-state index in [1.165, 1.54) is 38.1 Å². The lowest BCUT2D eigenvalue weighted by molar-refractivity contribution is 0.469. The van der Waals surface area contributed by atoms with Crippen LogP contribution in [0.5, 0.6) is 0 Å².